The third kappa shape index (κ3) is 8.47. The highest BCUT2D eigenvalue weighted by Gasteiger charge is 2.25. The van der Waals surface area contributed by atoms with Crippen LogP contribution in [0.3, 0.4) is 0 Å². The number of nitrogens with one attached hydrogen (secondary N) is 2. The molecule has 29 heavy (non-hydrogen) atoms. The number of rotatable bonds is 7. The molecule has 0 aliphatic carbocycles. The van der Waals surface area contributed by atoms with Gasteiger partial charge in [-0.25, -0.2) is 9.59 Å². The maximum absolute atomic E-state index is 12.6. The van der Waals surface area contributed by atoms with E-state index in [2.05, 4.69) is 10.6 Å². The molecule has 2 N–H and O–H groups in total. The van der Waals surface area contributed by atoms with E-state index in [0.717, 1.165) is 5.56 Å². The van der Waals surface area contributed by atoms with E-state index in [0.29, 0.717) is 5.75 Å². The number of ether oxygens (including phenoxy) is 2. The molecule has 0 aliphatic rings. The SMILES string of the molecule is CC(C)(C)OC(=O)N[C@@H](Cc1ccccc1)C(=O)NCC(=O)Oc1ccccc1. The molecule has 7 heteroatoms. The number of carbonyl (C=O) groups excluding carboxylic acids is 3. The topological polar surface area (TPSA) is 93.7 Å². The maximum Gasteiger partial charge on any atom is 0.408 e. The van der Waals surface area contributed by atoms with Gasteiger partial charge in [0.25, 0.3) is 0 Å². The van der Waals surface area contributed by atoms with Gasteiger partial charge in [-0.2, -0.15) is 0 Å². The number of benzene rings is 2. The Morgan fingerprint density at radius 2 is 1.52 bits per heavy atom. The smallest absolute Gasteiger partial charge is 0.408 e. The Balaban J connectivity index is 1.97. The van der Waals surface area contributed by atoms with E-state index < -0.39 is 29.6 Å². The molecule has 7 nitrogen and oxygen atoms in total. The number of carbonyl (C=O) groups is 3. The maximum atomic E-state index is 12.6. The Morgan fingerprint density at radius 1 is 0.931 bits per heavy atom. The normalized spacial score (nSPS) is 11.8. The molecule has 0 saturated carbocycles. The first kappa shape index (κ1) is 21.9. The Kier molecular flexibility index (Phi) is 7.77. The molecule has 2 rings (SSSR count). The first-order valence-electron chi connectivity index (χ1n) is 9.30. The van der Waals surface area contributed by atoms with Crippen molar-refractivity contribution in [3.05, 3.63) is 66.2 Å². The van der Waals surface area contributed by atoms with E-state index in [1.807, 2.05) is 30.3 Å². The lowest BCUT2D eigenvalue weighted by Crippen LogP contribution is -2.50. The Morgan fingerprint density at radius 3 is 2.10 bits per heavy atom. The summed E-state index contributed by atoms with van der Waals surface area (Å²) in [6.07, 6.45) is -0.458. The minimum atomic E-state index is -0.906. The summed E-state index contributed by atoms with van der Waals surface area (Å²) in [5, 5.41) is 5.08. The van der Waals surface area contributed by atoms with Crippen LogP contribution in [-0.2, 0) is 20.7 Å². The van der Waals surface area contributed by atoms with Crippen molar-refractivity contribution in [3.63, 3.8) is 0 Å². The van der Waals surface area contributed by atoms with Crippen LogP contribution in [0.1, 0.15) is 26.3 Å². The van der Waals surface area contributed by atoms with E-state index in [-0.39, 0.29) is 13.0 Å². The summed E-state index contributed by atoms with van der Waals surface area (Å²) in [7, 11) is 0. The van der Waals surface area contributed by atoms with Crippen LogP contribution in [0, 0.1) is 0 Å². The second-order valence-corrected chi connectivity index (χ2v) is 7.39. The number of hydrogen-bond acceptors (Lipinski definition) is 5. The van der Waals surface area contributed by atoms with Crippen LogP contribution in [0.4, 0.5) is 4.79 Å². The van der Waals surface area contributed by atoms with Gasteiger partial charge in [-0.05, 0) is 38.5 Å². The van der Waals surface area contributed by atoms with E-state index in [1.165, 1.54) is 0 Å². The van der Waals surface area contributed by atoms with Gasteiger partial charge in [0.05, 0.1) is 0 Å². The highest BCUT2D eigenvalue weighted by molar-refractivity contribution is 5.88. The van der Waals surface area contributed by atoms with Crippen molar-refractivity contribution < 1.29 is 23.9 Å². The molecule has 2 aromatic carbocycles. The van der Waals surface area contributed by atoms with Crippen LogP contribution >= 0.6 is 0 Å². The molecule has 2 amide bonds. The summed E-state index contributed by atoms with van der Waals surface area (Å²) in [6.45, 7) is 4.88. The first-order valence-corrected chi connectivity index (χ1v) is 9.30. The molecular weight excluding hydrogens is 372 g/mol. The lowest BCUT2D eigenvalue weighted by molar-refractivity contribution is -0.135. The fourth-order valence-corrected chi connectivity index (χ4v) is 2.45. The molecule has 0 fully saturated rings. The van der Waals surface area contributed by atoms with Gasteiger partial charge in [0.2, 0.25) is 5.91 Å². The van der Waals surface area contributed by atoms with Gasteiger partial charge in [-0.3, -0.25) is 4.79 Å². The number of amides is 2. The summed E-state index contributed by atoms with van der Waals surface area (Å²) < 4.78 is 10.4. The largest absolute Gasteiger partial charge is 0.444 e. The summed E-state index contributed by atoms with van der Waals surface area (Å²) in [4.78, 5) is 36.7. The molecule has 0 spiro atoms. The third-order valence-electron chi connectivity index (χ3n) is 3.67. The predicted molar refractivity (Wildman–Crippen MR) is 108 cm³/mol. The number of para-hydroxylation sites is 1. The van der Waals surface area contributed by atoms with E-state index in [1.54, 1.807) is 51.1 Å². The molecular formula is C22H26N2O5. The van der Waals surface area contributed by atoms with Crippen molar-refractivity contribution in [2.24, 2.45) is 0 Å². The van der Waals surface area contributed by atoms with Crippen molar-refractivity contribution in [1.82, 2.24) is 10.6 Å². The second kappa shape index (κ2) is 10.3. The average molecular weight is 398 g/mol. The van der Waals surface area contributed by atoms with Crippen LogP contribution in [0.5, 0.6) is 5.75 Å². The molecule has 0 radical (unpaired) electrons. The van der Waals surface area contributed by atoms with Crippen LogP contribution in [-0.4, -0.2) is 36.2 Å². The van der Waals surface area contributed by atoms with Gasteiger partial charge in [0, 0.05) is 6.42 Å². The fraction of sp³-hybridized carbons (Fsp3) is 0.318. The van der Waals surface area contributed by atoms with Gasteiger partial charge >= 0.3 is 12.1 Å². The molecule has 1 atom stereocenters. The van der Waals surface area contributed by atoms with E-state index >= 15 is 0 Å². The monoisotopic (exact) mass is 398 g/mol. The van der Waals surface area contributed by atoms with Gasteiger partial charge in [0.15, 0.2) is 0 Å². The Bertz CT molecular complexity index is 816. The first-order chi connectivity index (χ1) is 13.7. The highest BCUT2D eigenvalue weighted by atomic mass is 16.6. The molecule has 0 heterocycles. The van der Waals surface area contributed by atoms with E-state index in [9.17, 15) is 14.4 Å². The molecule has 0 aromatic heterocycles. The Hall–Kier alpha value is -3.35. The Labute approximate surface area is 170 Å². The molecule has 0 unspecified atom stereocenters. The lowest BCUT2D eigenvalue weighted by Gasteiger charge is -2.23. The van der Waals surface area contributed by atoms with Gasteiger partial charge in [-0.1, -0.05) is 48.5 Å². The van der Waals surface area contributed by atoms with Crippen LogP contribution in [0.2, 0.25) is 0 Å². The van der Waals surface area contributed by atoms with Crippen LogP contribution < -0.4 is 15.4 Å². The molecule has 0 saturated heterocycles. The third-order valence-corrected chi connectivity index (χ3v) is 3.67. The zero-order valence-corrected chi connectivity index (χ0v) is 16.8. The van der Waals surface area contributed by atoms with Gasteiger partial charge in [-0.15, -0.1) is 0 Å². The zero-order chi connectivity index (χ0) is 21.3. The summed E-state index contributed by atoms with van der Waals surface area (Å²) in [6, 6.07) is 16.9. The number of hydrogen-bond donors (Lipinski definition) is 2. The molecule has 154 valence electrons. The van der Waals surface area contributed by atoms with Crippen molar-refractivity contribution in [2.75, 3.05) is 6.54 Å². The molecule has 0 bridgehead atoms. The quantitative estimate of drug-likeness (QED) is 0.553. The molecule has 2 aromatic rings. The van der Waals surface area contributed by atoms with Crippen molar-refractivity contribution >= 4 is 18.0 Å². The second-order valence-electron chi connectivity index (χ2n) is 7.39. The summed E-state index contributed by atoms with van der Waals surface area (Å²) in [5.41, 5.74) is 0.160. The minimum Gasteiger partial charge on any atom is -0.444 e. The summed E-state index contributed by atoms with van der Waals surface area (Å²) in [5.74, 6) is -0.732. The standard InChI is InChI=1S/C22H26N2O5/c1-22(2,3)29-21(27)24-18(14-16-10-6-4-7-11-16)20(26)23-15-19(25)28-17-12-8-5-9-13-17/h4-13,18H,14-15H2,1-3H3,(H,23,26)(H,24,27)/t18-/m0/s1. The number of alkyl carbamates (subject to hydrolysis) is 1. The predicted octanol–water partition coefficient (Wildman–Crippen LogP) is 2.84. The average Bonchev–Trinajstić information content (AvgIpc) is 2.66. The summed E-state index contributed by atoms with van der Waals surface area (Å²) >= 11 is 0. The van der Waals surface area contributed by atoms with Crippen molar-refractivity contribution in [1.29, 1.82) is 0 Å². The number of esters is 1. The fourth-order valence-electron chi connectivity index (χ4n) is 2.45. The zero-order valence-electron chi connectivity index (χ0n) is 16.8. The highest BCUT2D eigenvalue weighted by Crippen LogP contribution is 2.10. The minimum absolute atomic E-state index is 0.250. The molecule has 0 aliphatic heterocycles. The van der Waals surface area contributed by atoms with Crippen molar-refractivity contribution in [2.45, 2.75) is 38.8 Å². The van der Waals surface area contributed by atoms with E-state index in [4.69, 9.17) is 9.47 Å². The van der Waals surface area contributed by atoms with Gasteiger partial charge < -0.3 is 20.1 Å². The van der Waals surface area contributed by atoms with Crippen LogP contribution in [0.25, 0.3) is 0 Å². The van der Waals surface area contributed by atoms with Crippen molar-refractivity contribution in [3.8, 4) is 5.75 Å². The van der Waals surface area contributed by atoms with Crippen LogP contribution in [0.15, 0.2) is 60.7 Å². The van der Waals surface area contributed by atoms with Gasteiger partial charge in [0.1, 0.15) is 23.9 Å². The lowest BCUT2D eigenvalue weighted by atomic mass is 10.1.